The van der Waals surface area contributed by atoms with Crippen LogP contribution in [0.2, 0.25) is 0 Å². The Morgan fingerprint density at radius 3 is 3.06 bits per heavy atom. The second-order valence-corrected chi connectivity index (χ2v) is 7.23. The molecule has 1 atom stereocenters. The van der Waals surface area contributed by atoms with Gasteiger partial charge in [-0.2, -0.15) is 0 Å². The molecule has 2 aromatic heterocycles. The van der Waals surface area contributed by atoms with Crippen molar-refractivity contribution in [3.8, 4) is 0 Å². The van der Waals surface area contributed by atoms with Gasteiger partial charge in [0.1, 0.15) is 11.2 Å². The van der Waals surface area contributed by atoms with Crippen molar-refractivity contribution in [1.29, 1.82) is 0 Å². The van der Waals surface area contributed by atoms with E-state index in [1.54, 1.807) is 17.7 Å². The smallest absolute Gasteiger partial charge is 0.211 e. The van der Waals surface area contributed by atoms with E-state index in [2.05, 4.69) is 4.98 Å². The van der Waals surface area contributed by atoms with Crippen LogP contribution in [0.5, 0.6) is 0 Å². The minimum atomic E-state index is -3.06. The third kappa shape index (κ3) is 1.88. The topological polar surface area (TPSA) is 54.7 Å². The fraction of sp³-hybridized carbons (Fsp3) is 0.500. The lowest BCUT2D eigenvalue weighted by Crippen LogP contribution is -2.27. The van der Waals surface area contributed by atoms with Crippen LogP contribution in [-0.2, 0) is 10.0 Å². The molecule has 7 heteroatoms. The van der Waals surface area contributed by atoms with E-state index in [0.29, 0.717) is 13.1 Å². The van der Waals surface area contributed by atoms with Crippen LogP contribution in [0, 0.1) is 0 Å². The first-order valence-electron chi connectivity index (χ1n) is 5.41. The molecule has 0 amide bonds. The number of sulfonamides is 1. The molecule has 0 saturated carbocycles. The van der Waals surface area contributed by atoms with E-state index in [1.807, 2.05) is 16.0 Å². The van der Waals surface area contributed by atoms with Crippen molar-refractivity contribution in [2.75, 3.05) is 19.3 Å². The molecule has 0 bridgehead atoms. The molecule has 0 unspecified atom stereocenters. The lowest BCUT2D eigenvalue weighted by atomic mass is 10.1. The maximum absolute atomic E-state index is 11.5. The maximum atomic E-state index is 11.5. The predicted octanol–water partition coefficient (Wildman–Crippen LogP) is 1.14. The number of nitrogens with zero attached hydrogens (tertiary/aromatic N) is 3. The Balaban J connectivity index is 1.91. The van der Waals surface area contributed by atoms with Gasteiger partial charge in [0.2, 0.25) is 10.0 Å². The van der Waals surface area contributed by atoms with Crippen LogP contribution in [0.4, 0.5) is 0 Å². The summed E-state index contributed by atoms with van der Waals surface area (Å²) in [5.41, 5.74) is 1.03. The molecule has 1 aliphatic heterocycles. The molecule has 0 spiro atoms. The average molecular weight is 271 g/mol. The average Bonchev–Trinajstić information content (AvgIpc) is 2.91. The van der Waals surface area contributed by atoms with Gasteiger partial charge in [0, 0.05) is 30.6 Å². The number of hydrogen-bond acceptors (Lipinski definition) is 4. The van der Waals surface area contributed by atoms with Crippen molar-refractivity contribution in [1.82, 2.24) is 13.7 Å². The maximum Gasteiger partial charge on any atom is 0.211 e. The van der Waals surface area contributed by atoms with Crippen molar-refractivity contribution in [3.05, 3.63) is 23.6 Å². The van der Waals surface area contributed by atoms with Crippen LogP contribution in [-0.4, -0.2) is 41.5 Å². The lowest BCUT2D eigenvalue weighted by Gasteiger charge is -2.12. The fourth-order valence-electron chi connectivity index (χ4n) is 2.28. The van der Waals surface area contributed by atoms with Gasteiger partial charge in [0.25, 0.3) is 0 Å². The summed E-state index contributed by atoms with van der Waals surface area (Å²) in [5.74, 6) is 0.230. The second-order valence-electron chi connectivity index (χ2n) is 4.35. The predicted molar refractivity (Wildman–Crippen MR) is 66.8 cm³/mol. The molecular weight excluding hydrogens is 258 g/mol. The van der Waals surface area contributed by atoms with Gasteiger partial charge >= 0.3 is 0 Å². The van der Waals surface area contributed by atoms with E-state index >= 15 is 0 Å². The summed E-state index contributed by atoms with van der Waals surface area (Å²) in [6.45, 7) is 1.16. The highest BCUT2D eigenvalue weighted by Gasteiger charge is 2.31. The van der Waals surface area contributed by atoms with Gasteiger partial charge in [0.05, 0.1) is 11.9 Å². The highest BCUT2D eigenvalue weighted by molar-refractivity contribution is 7.88. The first-order chi connectivity index (χ1) is 8.05. The van der Waals surface area contributed by atoms with Crippen molar-refractivity contribution in [2.45, 2.75) is 12.3 Å². The lowest BCUT2D eigenvalue weighted by molar-refractivity contribution is 0.478. The molecule has 17 heavy (non-hydrogen) atoms. The van der Waals surface area contributed by atoms with Crippen LogP contribution >= 0.6 is 11.3 Å². The van der Waals surface area contributed by atoms with E-state index < -0.39 is 10.0 Å². The summed E-state index contributed by atoms with van der Waals surface area (Å²) in [5, 5.41) is 2.02. The van der Waals surface area contributed by atoms with E-state index in [4.69, 9.17) is 0 Å². The highest BCUT2D eigenvalue weighted by Crippen LogP contribution is 2.31. The zero-order chi connectivity index (χ0) is 12.0. The van der Waals surface area contributed by atoms with Gasteiger partial charge in [0.15, 0.2) is 0 Å². The van der Waals surface area contributed by atoms with Crippen molar-refractivity contribution in [3.63, 3.8) is 0 Å². The standard InChI is InChI=1S/C10H13N3O2S2/c1-17(14,15)13-3-2-8(6-13)9-10-12(7-11-9)4-5-16-10/h4-5,7-8H,2-3,6H2,1H3/t8-/m0/s1. The van der Waals surface area contributed by atoms with Crippen molar-refractivity contribution < 1.29 is 8.42 Å². The van der Waals surface area contributed by atoms with E-state index in [-0.39, 0.29) is 5.92 Å². The Bertz CT molecular complexity index is 643. The summed E-state index contributed by atoms with van der Waals surface area (Å²) in [4.78, 5) is 5.54. The zero-order valence-electron chi connectivity index (χ0n) is 9.41. The van der Waals surface area contributed by atoms with Crippen LogP contribution < -0.4 is 0 Å². The molecule has 3 heterocycles. The van der Waals surface area contributed by atoms with Gasteiger partial charge in [-0.15, -0.1) is 11.3 Å². The highest BCUT2D eigenvalue weighted by atomic mass is 32.2. The van der Waals surface area contributed by atoms with Crippen LogP contribution in [0.25, 0.3) is 4.83 Å². The Morgan fingerprint density at radius 1 is 1.53 bits per heavy atom. The van der Waals surface area contributed by atoms with E-state index in [9.17, 15) is 8.42 Å². The molecule has 1 aliphatic rings. The Morgan fingerprint density at radius 2 is 2.35 bits per heavy atom. The monoisotopic (exact) mass is 271 g/mol. The number of hydrogen-bond donors (Lipinski definition) is 0. The van der Waals surface area contributed by atoms with Gasteiger partial charge in [-0.25, -0.2) is 17.7 Å². The molecule has 0 N–H and O–H groups in total. The van der Waals surface area contributed by atoms with Crippen LogP contribution in [0.1, 0.15) is 18.0 Å². The van der Waals surface area contributed by atoms with Crippen molar-refractivity contribution >= 4 is 26.2 Å². The van der Waals surface area contributed by atoms with E-state index in [1.165, 1.54) is 10.6 Å². The van der Waals surface area contributed by atoms with Crippen molar-refractivity contribution in [2.24, 2.45) is 0 Å². The molecule has 0 aliphatic carbocycles. The summed E-state index contributed by atoms with van der Waals surface area (Å²) >= 11 is 1.65. The molecule has 92 valence electrons. The van der Waals surface area contributed by atoms with Gasteiger partial charge in [-0.05, 0) is 6.42 Å². The molecule has 1 saturated heterocycles. The fourth-order valence-corrected chi connectivity index (χ4v) is 4.06. The van der Waals surface area contributed by atoms with Gasteiger partial charge in [-0.3, -0.25) is 4.40 Å². The summed E-state index contributed by atoms with van der Waals surface area (Å²) in [6.07, 6.45) is 5.89. The molecule has 0 radical (unpaired) electrons. The molecule has 3 rings (SSSR count). The van der Waals surface area contributed by atoms with Crippen LogP contribution in [0.15, 0.2) is 17.9 Å². The SMILES string of the molecule is CS(=O)(=O)N1CC[C@H](c2ncn3ccsc23)C1. The molecule has 5 nitrogen and oxygen atoms in total. The molecule has 1 fully saturated rings. The number of fused-ring (bicyclic) bond motifs is 1. The van der Waals surface area contributed by atoms with Gasteiger partial charge in [-0.1, -0.05) is 0 Å². The number of rotatable bonds is 2. The van der Waals surface area contributed by atoms with Gasteiger partial charge < -0.3 is 0 Å². The second kappa shape index (κ2) is 3.79. The summed E-state index contributed by atoms with van der Waals surface area (Å²) in [7, 11) is -3.06. The largest absolute Gasteiger partial charge is 0.297 e. The minimum Gasteiger partial charge on any atom is -0.297 e. The molecule has 0 aromatic carbocycles. The normalized spacial score (nSPS) is 22.5. The third-order valence-corrected chi connectivity index (χ3v) is 5.35. The summed E-state index contributed by atoms with van der Waals surface area (Å²) < 4.78 is 26.5. The first-order valence-corrected chi connectivity index (χ1v) is 8.13. The Hall–Kier alpha value is -0.920. The van der Waals surface area contributed by atoms with E-state index in [0.717, 1.165) is 16.9 Å². The third-order valence-electron chi connectivity index (χ3n) is 3.18. The number of thiazole rings is 1. The minimum absolute atomic E-state index is 0.230. The Labute approximate surface area is 104 Å². The quantitative estimate of drug-likeness (QED) is 0.823. The van der Waals surface area contributed by atoms with Crippen LogP contribution in [0.3, 0.4) is 0 Å². The molecular formula is C10H13N3O2S2. The number of aromatic nitrogens is 2. The molecule has 2 aromatic rings. The Kier molecular flexibility index (Phi) is 2.49. The first kappa shape index (κ1) is 11.2. The number of imidazole rings is 1. The summed E-state index contributed by atoms with van der Waals surface area (Å²) in [6, 6.07) is 0. The zero-order valence-corrected chi connectivity index (χ0v) is 11.0.